The maximum Gasteiger partial charge on any atom is 0.293 e. The van der Waals surface area contributed by atoms with Crippen molar-refractivity contribution in [3.63, 3.8) is 0 Å². The van der Waals surface area contributed by atoms with Crippen LogP contribution in [-0.4, -0.2) is 49.3 Å². The van der Waals surface area contributed by atoms with Gasteiger partial charge in [-0.2, -0.15) is 0 Å². The molecule has 162 valence electrons. The number of carbonyl (C=O) groups excluding carboxylic acids is 3. The molecule has 3 rings (SSSR count). The average molecular weight is 481 g/mol. The van der Waals surface area contributed by atoms with Crippen LogP contribution < -0.4 is 14.8 Å². The Morgan fingerprint density at radius 2 is 1.84 bits per heavy atom. The minimum absolute atomic E-state index is 0.0326. The highest BCUT2D eigenvalue weighted by Gasteiger charge is 2.34. The summed E-state index contributed by atoms with van der Waals surface area (Å²) >= 11 is 12.7. The smallest absolute Gasteiger partial charge is 0.293 e. The van der Waals surface area contributed by atoms with Crippen LogP contribution in [0, 0.1) is 0 Å². The zero-order chi connectivity index (χ0) is 22.5. The van der Waals surface area contributed by atoms with E-state index in [4.69, 9.17) is 32.7 Å². The first-order chi connectivity index (χ1) is 14.8. The molecule has 1 aliphatic heterocycles. The van der Waals surface area contributed by atoms with Crippen molar-refractivity contribution in [2.24, 2.45) is 0 Å². The largest absolute Gasteiger partial charge is 0.493 e. The van der Waals surface area contributed by atoms with E-state index < -0.39 is 17.1 Å². The van der Waals surface area contributed by atoms with Gasteiger partial charge < -0.3 is 14.8 Å². The third-order valence-corrected chi connectivity index (χ3v) is 5.83. The Hall–Kier alpha value is -2.68. The van der Waals surface area contributed by atoms with Crippen molar-refractivity contribution in [1.82, 2.24) is 10.2 Å². The lowest BCUT2D eigenvalue weighted by atomic mass is 10.2. The van der Waals surface area contributed by atoms with Crippen molar-refractivity contribution in [3.8, 4) is 11.5 Å². The first kappa shape index (κ1) is 23.0. The molecule has 0 radical (unpaired) electrons. The van der Waals surface area contributed by atoms with Crippen molar-refractivity contribution < 1.29 is 23.9 Å². The number of nitrogens with zero attached hydrogens (tertiary/aromatic N) is 1. The number of methoxy groups -OCH3 is 2. The molecule has 0 saturated carbocycles. The number of halogens is 2. The second kappa shape index (κ2) is 10.1. The van der Waals surface area contributed by atoms with Gasteiger partial charge in [0, 0.05) is 18.1 Å². The molecule has 1 N–H and O–H groups in total. The first-order valence-corrected chi connectivity index (χ1v) is 10.6. The van der Waals surface area contributed by atoms with Crippen molar-refractivity contribution in [2.45, 2.75) is 0 Å². The highest BCUT2D eigenvalue weighted by molar-refractivity contribution is 8.18. The summed E-state index contributed by atoms with van der Waals surface area (Å²) in [6.07, 6.45) is 1.61. The van der Waals surface area contributed by atoms with Crippen LogP contribution in [0.5, 0.6) is 11.5 Å². The van der Waals surface area contributed by atoms with E-state index in [2.05, 4.69) is 5.32 Å². The molecule has 0 bridgehead atoms. The Kier molecular flexibility index (Phi) is 7.48. The van der Waals surface area contributed by atoms with Gasteiger partial charge in [-0.15, -0.1) is 0 Å². The monoisotopic (exact) mass is 480 g/mol. The van der Waals surface area contributed by atoms with Crippen LogP contribution in [0.15, 0.2) is 41.3 Å². The van der Waals surface area contributed by atoms with Crippen molar-refractivity contribution in [2.75, 3.05) is 27.3 Å². The van der Waals surface area contributed by atoms with Gasteiger partial charge >= 0.3 is 0 Å². The standard InChI is InChI=1S/C21H18Cl2N2O5S/c1-29-16-6-3-12(9-17(16)30-2)10-18-20(27)25(21(28)31-18)8-7-24-19(26)14-5-4-13(22)11-15(14)23/h3-6,9-11H,7-8H2,1-2H3,(H,24,26)/b18-10-. The number of thioether (sulfide) groups is 1. The SMILES string of the molecule is COc1ccc(/C=C2\SC(=O)N(CCNC(=O)c3ccc(Cl)cc3Cl)C2=O)cc1OC. The van der Waals surface area contributed by atoms with E-state index in [1.807, 2.05) is 0 Å². The Morgan fingerprint density at radius 3 is 2.52 bits per heavy atom. The zero-order valence-electron chi connectivity index (χ0n) is 16.6. The normalized spacial score (nSPS) is 14.8. The van der Waals surface area contributed by atoms with Gasteiger partial charge in [0.2, 0.25) is 0 Å². The van der Waals surface area contributed by atoms with Crippen molar-refractivity contribution >= 4 is 58.1 Å². The molecular weight excluding hydrogens is 463 g/mol. The van der Waals surface area contributed by atoms with E-state index in [0.29, 0.717) is 22.1 Å². The van der Waals surface area contributed by atoms with Crippen LogP contribution >= 0.6 is 35.0 Å². The minimum atomic E-state index is -0.427. The Morgan fingerprint density at radius 1 is 1.10 bits per heavy atom. The van der Waals surface area contributed by atoms with Gasteiger partial charge in [0.25, 0.3) is 17.1 Å². The lowest BCUT2D eigenvalue weighted by molar-refractivity contribution is -0.122. The van der Waals surface area contributed by atoms with Gasteiger partial charge in [0.1, 0.15) is 0 Å². The van der Waals surface area contributed by atoms with E-state index >= 15 is 0 Å². The van der Waals surface area contributed by atoms with E-state index in [1.165, 1.54) is 26.4 Å². The van der Waals surface area contributed by atoms with E-state index in [1.54, 1.807) is 30.3 Å². The molecule has 0 aromatic heterocycles. The number of carbonyl (C=O) groups is 3. The van der Waals surface area contributed by atoms with E-state index in [-0.39, 0.29) is 28.6 Å². The molecule has 0 spiro atoms. The lowest BCUT2D eigenvalue weighted by Crippen LogP contribution is -2.37. The molecule has 0 atom stereocenters. The molecule has 3 amide bonds. The van der Waals surface area contributed by atoms with E-state index in [9.17, 15) is 14.4 Å². The van der Waals surface area contributed by atoms with Gasteiger partial charge in [-0.1, -0.05) is 29.3 Å². The third-order valence-electron chi connectivity index (χ3n) is 4.38. The van der Waals surface area contributed by atoms with Crippen LogP contribution in [0.2, 0.25) is 10.0 Å². The molecule has 31 heavy (non-hydrogen) atoms. The quantitative estimate of drug-likeness (QED) is 0.588. The fraction of sp³-hybridized carbons (Fsp3) is 0.190. The zero-order valence-corrected chi connectivity index (χ0v) is 18.9. The Balaban J connectivity index is 1.64. The molecule has 1 heterocycles. The van der Waals surface area contributed by atoms with Crippen LogP contribution in [0.4, 0.5) is 4.79 Å². The van der Waals surface area contributed by atoms with Gasteiger partial charge in [0.15, 0.2) is 11.5 Å². The molecule has 2 aromatic rings. The van der Waals surface area contributed by atoms with Crippen molar-refractivity contribution in [1.29, 1.82) is 0 Å². The summed E-state index contributed by atoms with van der Waals surface area (Å²) in [4.78, 5) is 38.6. The van der Waals surface area contributed by atoms with E-state index in [0.717, 1.165) is 16.7 Å². The molecule has 2 aromatic carbocycles. The second-order valence-electron chi connectivity index (χ2n) is 6.33. The number of nitrogens with one attached hydrogen (secondary N) is 1. The molecule has 1 aliphatic rings. The fourth-order valence-corrected chi connectivity index (χ4v) is 4.20. The number of hydrogen-bond donors (Lipinski definition) is 1. The summed E-state index contributed by atoms with van der Waals surface area (Å²) in [6, 6.07) is 9.71. The molecule has 1 fully saturated rings. The summed E-state index contributed by atoms with van der Waals surface area (Å²) < 4.78 is 10.5. The predicted octanol–water partition coefficient (Wildman–Crippen LogP) is 4.48. The lowest BCUT2D eigenvalue weighted by Gasteiger charge is -2.13. The molecular formula is C21H18Cl2N2O5S. The maximum absolute atomic E-state index is 12.6. The first-order valence-electron chi connectivity index (χ1n) is 9.04. The molecule has 0 aliphatic carbocycles. The number of rotatable bonds is 7. The Bertz CT molecular complexity index is 1070. The van der Waals surface area contributed by atoms with Crippen LogP contribution in [0.1, 0.15) is 15.9 Å². The topological polar surface area (TPSA) is 84.9 Å². The molecule has 1 saturated heterocycles. The number of imide groups is 1. The Labute approximate surface area is 193 Å². The number of hydrogen-bond acceptors (Lipinski definition) is 6. The predicted molar refractivity (Wildman–Crippen MR) is 121 cm³/mol. The van der Waals surface area contributed by atoms with Crippen LogP contribution in [0.25, 0.3) is 6.08 Å². The fourth-order valence-electron chi connectivity index (χ4n) is 2.84. The van der Waals surface area contributed by atoms with Gasteiger partial charge in [-0.25, -0.2) is 0 Å². The average Bonchev–Trinajstić information content (AvgIpc) is 3.00. The van der Waals surface area contributed by atoms with Gasteiger partial charge in [-0.05, 0) is 53.7 Å². The second-order valence-corrected chi connectivity index (χ2v) is 8.16. The number of benzene rings is 2. The molecule has 7 nitrogen and oxygen atoms in total. The highest BCUT2D eigenvalue weighted by Crippen LogP contribution is 2.34. The minimum Gasteiger partial charge on any atom is -0.493 e. The number of amides is 3. The van der Waals surface area contributed by atoms with Gasteiger partial charge in [0.05, 0.1) is 29.7 Å². The summed E-state index contributed by atoms with van der Waals surface area (Å²) in [5, 5.41) is 2.87. The van der Waals surface area contributed by atoms with Gasteiger partial charge in [-0.3, -0.25) is 19.3 Å². The summed E-state index contributed by atoms with van der Waals surface area (Å²) in [5.41, 5.74) is 0.947. The molecule has 0 unspecified atom stereocenters. The third kappa shape index (κ3) is 5.33. The summed E-state index contributed by atoms with van der Waals surface area (Å²) in [7, 11) is 3.05. The summed E-state index contributed by atoms with van der Waals surface area (Å²) in [5.74, 6) is 0.224. The maximum atomic E-state index is 12.6. The van der Waals surface area contributed by atoms with Crippen LogP contribution in [0.3, 0.4) is 0 Å². The van der Waals surface area contributed by atoms with Crippen LogP contribution in [-0.2, 0) is 4.79 Å². The summed E-state index contributed by atoms with van der Waals surface area (Å²) in [6.45, 7) is 0.115. The molecule has 10 heteroatoms. The number of ether oxygens (including phenoxy) is 2. The van der Waals surface area contributed by atoms with Crippen molar-refractivity contribution in [3.05, 3.63) is 62.5 Å². The highest BCUT2D eigenvalue weighted by atomic mass is 35.5.